The van der Waals surface area contributed by atoms with Crippen LogP contribution >= 0.6 is 11.6 Å². The van der Waals surface area contributed by atoms with Gasteiger partial charge in [-0.05, 0) is 60.4 Å². The van der Waals surface area contributed by atoms with E-state index in [-0.39, 0.29) is 11.3 Å². The molecule has 6 nitrogen and oxygen atoms in total. The van der Waals surface area contributed by atoms with Gasteiger partial charge in [0.05, 0.1) is 11.9 Å². The predicted molar refractivity (Wildman–Crippen MR) is 133 cm³/mol. The summed E-state index contributed by atoms with van der Waals surface area (Å²) in [6, 6.07) is 14.9. The van der Waals surface area contributed by atoms with Crippen molar-refractivity contribution in [3.63, 3.8) is 0 Å². The average molecular weight is 461 g/mol. The summed E-state index contributed by atoms with van der Waals surface area (Å²) in [6.45, 7) is 3.25. The van der Waals surface area contributed by atoms with Gasteiger partial charge in [-0.25, -0.2) is 0 Å². The highest BCUT2D eigenvalue weighted by Crippen LogP contribution is 2.31. The summed E-state index contributed by atoms with van der Waals surface area (Å²) in [4.78, 5) is 15.7. The first kappa shape index (κ1) is 21.5. The van der Waals surface area contributed by atoms with Crippen LogP contribution < -0.4 is 20.5 Å². The first-order valence-electron chi connectivity index (χ1n) is 11.2. The smallest absolute Gasteiger partial charge is 0.316 e. The summed E-state index contributed by atoms with van der Waals surface area (Å²) in [5, 5.41) is 8.37. The Kier molecular flexibility index (Phi) is 6.28. The summed E-state index contributed by atoms with van der Waals surface area (Å²) in [7, 11) is 0. The highest BCUT2D eigenvalue weighted by Gasteiger charge is 2.21. The van der Waals surface area contributed by atoms with E-state index < -0.39 is 0 Å². The van der Waals surface area contributed by atoms with Crippen LogP contribution in [0, 0.1) is 0 Å². The molecule has 1 aliphatic carbocycles. The Bertz CT molecular complexity index is 1240. The zero-order valence-electron chi connectivity index (χ0n) is 18.2. The van der Waals surface area contributed by atoms with E-state index in [1.165, 1.54) is 10.3 Å². The number of nitrogens with one attached hydrogen (secondary N) is 1. The maximum Gasteiger partial charge on any atom is 0.316 e. The van der Waals surface area contributed by atoms with Crippen molar-refractivity contribution in [2.45, 2.75) is 12.8 Å². The predicted octanol–water partition coefficient (Wildman–Crippen LogP) is 4.82. The summed E-state index contributed by atoms with van der Waals surface area (Å²) < 4.78 is 7.57. The number of piperazine rings is 1. The van der Waals surface area contributed by atoms with Crippen molar-refractivity contribution in [1.82, 2.24) is 15.1 Å². The van der Waals surface area contributed by atoms with Gasteiger partial charge < -0.3 is 15.0 Å². The van der Waals surface area contributed by atoms with Crippen molar-refractivity contribution < 1.29 is 4.74 Å². The van der Waals surface area contributed by atoms with Crippen LogP contribution in [0.5, 0.6) is 11.5 Å². The number of anilines is 1. The fourth-order valence-corrected chi connectivity index (χ4v) is 4.21. The molecule has 0 unspecified atom stereocenters. The van der Waals surface area contributed by atoms with Gasteiger partial charge in [0.15, 0.2) is 0 Å². The molecule has 1 fully saturated rings. The van der Waals surface area contributed by atoms with E-state index in [2.05, 4.69) is 33.5 Å². The van der Waals surface area contributed by atoms with Crippen LogP contribution in [-0.4, -0.2) is 36.0 Å². The van der Waals surface area contributed by atoms with E-state index in [1.54, 1.807) is 30.5 Å². The Hall–Kier alpha value is -3.35. The molecule has 2 aromatic carbocycles. The molecule has 7 heteroatoms. The lowest BCUT2D eigenvalue weighted by atomic mass is 10.00. The SMILES string of the molecule is O=c1c(Oc2ccc(C3=CCCC=C3)cc2)c(N2CCNCC2)cnn1-c1ccc(Cl)cc1. The number of halogens is 1. The molecule has 0 spiro atoms. The van der Waals surface area contributed by atoms with Crippen LogP contribution in [0.1, 0.15) is 18.4 Å². The van der Waals surface area contributed by atoms with Crippen LogP contribution in [-0.2, 0) is 0 Å². The summed E-state index contributed by atoms with van der Waals surface area (Å²) in [5.41, 5.74) is 3.37. The summed E-state index contributed by atoms with van der Waals surface area (Å²) in [6.07, 6.45) is 10.4. The standard InChI is InChI=1S/C26H25ClN4O2/c27-21-8-10-22(11-9-21)31-26(32)25(24(18-29-31)30-16-14-28-15-17-30)33-23-12-6-20(7-13-23)19-4-2-1-3-5-19/h2,4-13,18,28H,1,3,14-17H2. The zero-order valence-corrected chi connectivity index (χ0v) is 19.0. The van der Waals surface area contributed by atoms with Gasteiger partial charge in [-0.1, -0.05) is 42.0 Å². The van der Waals surface area contributed by atoms with Gasteiger partial charge in [0.2, 0.25) is 5.75 Å². The van der Waals surface area contributed by atoms with Crippen LogP contribution in [0.3, 0.4) is 0 Å². The number of nitrogens with zero attached hydrogens (tertiary/aromatic N) is 3. The lowest BCUT2D eigenvalue weighted by Crippen LogP contribution is -2.44. The third kappa shape index (κ3) is 4.72. The highest BCUT2D eigenvalue weighted by atomic mass is 35.5. The minimum absolute atomic E-state index is 0.270. The summed E-state index contributed by atoms with van der Waals surface area (Å²) >= 11 is 6.02. The fourth-order valence-electron chi connectivity index (χ4n) is 4.08. The average Bonchev–Trinajstić information content (AvgIpc) is 2.87. The molecule has 0 atom stereocenters. The molecule has 5 rings (SSSR count). The molecule has 1 aliphatic heterocycles. The minimum Gasteiger partial charge on any atom is -0.449 e. The fraction of sp³-hybridized carbons (Fsp3) is 0.231. The van der Waals surface area contributed by atoms with E-state index in [0.717, 1.165) is 44.6 Å². The number of benzene rings is 2. The Morgan fingerprint density at radius 3 is 2.42 bits per heavy atom. The first-order valence-corrected chi connectivity index (χ1v) is 11.6. The van der Waals surface area contributed by atoms with Gasteiger partial charge in [0.1, 0.15) is 11.4 Å². The molecular formula is C26H25ClN4O2. The molecule has 1 saturated heterocycles. The molecule has 0 radical (unpaired) electrons. The minimum atomic E-state index is -0.310. The van der Waals surface area contributed by atoms with Gasteiger partial charge >= 0.3 is 5.56 Å². The second kappa shape index (κ2) is 9.65. The lowest BCUT2D eigenvalue weighted by Gasteiger charge is -2.30. The molecule has 168 valence electrons. The molecule has 0 saturated carbocycles. The largest absolute Gasteiger partial charge is 0.449 e. The van der Waals surface area contributed by atoms with Crippen molar-refractivity contribution in [3.8, 4) is 17.2 Å². The van der Waals surface area contributed by atoms with E-state index in [1.807, 2.05) is 24.3 Å². The van der Waals surface area contributed by atoms with Crippen molar-refractivity contribution in [2.24, 2.45) is 0 Å². The van der Waals surface area contributed by atoms with Crippen LogP contribution in [0.15, 0.2) is 77.8 Å². The summed E-state index contributed by atoms with van der Waals surface area (Å²) in [5.74, 6) is 0.882. The Morgan fingerprint density at radius 1 is 0.970 bits per heavy atom. The maximum absolute atomic E-state index is 13.5. The Labute approximate surface area is 197 Å². The number of allylic oxidation sites excluding steroid dienone is 4. The van der Waals surface area contributed by atoms with E-state index >= 15 is 0 Å². The molecular weight excluding hydrogens is 436 g/mol. The molecule has 3 aromatic rings. The maximum atomic E-state index is 13.5. The monoisotopic (exact) mass is 460 g/mol. The van der Waals surface area contributed by atoms with Crippen LogP contribution in [0.2, 0.25) is 5.02 Å². The van der Waals surface area contributed by atoms with Crippen molar-refractivity contribution in [3.05, 3.63) is 93.9 Å². The number of hydrogen-bond acceptors (Lipinski definition) is 5. The quantitative estimate of drug-likeness (QED) is 0.591. The molecule has 0 bridgehead atoms. The number of rotatable bonds is 5. The lowest BCUT2D eigenvalue weighted by molar-refractivity contribution is 0.463. The van der Waals surface area contributed by atoms with E-state index in [9.17, 15) is 4.79 Å². The van der Waals surface area contributed by atoms with Gasteiger partial charge in [0.25, 0.3) is 0 Å². The van der Waals surface area contributed by atoms with Crippen molar-refractivity contribution in [2.75, 3.05) is 31.1 Å². The second-order valence-corrected chi connectivity index (χ2v) is 8.49. The highest BCUT2D eigenvalue weighted by molar-refractivity contribution is 6.30. The Morgan fingerprint density at radius 2 is 1.73 bits per heavy atom. The van der Waals surface area contributed by atoms with Crippen molar-refractivity contribution >= 4 is 22.9 Å². The van der Waals surface area contributed by atoms with Crippen molar-refractivity contribution in [1.29, 1.82) is 0 Å². The normalized spacial score (nSPS) is 15.9. The van der Waals surface area contributed by atoms with Crippen LogP contribution in [0.25, 0.3) is 11.3 Å². The molecule has 2 heterocycles. The number of aromatic nitrogens is 2. The van der Waals surface area contributed by atoms with E-state index in [0.29, 0.717) is 22.1 Å². The van der Waals surface area contributed by atoms with Gasteiger partial charge in [0, 0.05) is 31.2 Å². The molecule has 33 heavy (non-hydrogen) atoms. The van der Waals surface area contributed by atoms with Crippen LogP contribution in [0.4, 0.5) is 5.69 Å². The van der Waals surface area contributed by atoms with Gasteiger partial charge in [-0.15, -0.1) is 0 Å². The Balaban J connectivity index is 1.51. The third-order valence-electron chi connectivity index (χ3n) is 5.85. The second-order valence-electron chi connectivity index (χ2n) is 8.05. The molecule has 2 aliphatic rings. The number of hydrogen-bond donors (Lipinski definition) is 1. The number of ether oxygens (including phenoxy) is 1. The first-order chi connectivity index (χ1) is 16.2. The van der Waals surface area contributed by atoms with E-state index in [4.69, 9.17) is 16.3 Å². The topological polar surface area (TPSA) is 59.4 Å². The van der Waals surface area contributed by atoms with Gasteiger partial charge in [-0.2, -0.15) is 9.78 Å². The molecule has 1 N–H and O–H groups in total. The van der Waals surface area contributed by atoms with Gasteiger partial charge in [-0.3, -0.25) is 4.79 Å². The zero-order chi connectivity index (χ0) is 22.6. The molecule has 0 amide bonds. The third-order valence-corrected chi connectivity index (χ3v) is 6.10. The molecule has 1 aromatic heterocycles.